The van der Waals surface area contributed by atoms with Crippen LogP contribution >= 0.6 is 35.8 Å². The molecule has 0 saturated carbocycles. The number of methoxy groups -OCH3 is 1. The molecule has 2 aromatic rings. The Morgan fingerprint density at radius 1 is 1.36 bits per heavy atom. The van der Waals surface area contributed by atoms with E-state index >= 15 is 0 Å². The molecule has 0 aliphatic heterocycles. The Morgan fingerprint density at radius 2 is 2.00 bits per heavy atom. The van der Waals surface area contributed by atoms with E-state index in [2.05, 4.69) is 9.97 Å². The summed E-state index contributed by atoms with van der Waals surface area (Å²) in [7, 11) is 1.57. The second-order valence-electron chi connectivity index (χ2n) is 2.81. The number of thiocarbonyl (C=S) groups is 1. The Kier molecular flexibility index (Phi) is 2.42. The molecule has 2 aromatic heterocycles. The first-order valence-electron chi connectivity index (χ1n) is 3.93. The van der Waals surface area contributed by atoms with Gasteiger partial charge < -0.3 is 14.7 Å². The molecule has 2 N–H and O–H groups in total. The molecule has 0 saturated heterocycles. The monoisotopic (exact) mass is 244 g/mol. The van der Waals surface area contributed by atoms with E-state index in [1.54, 1.807) is 18.4 Å². The second kappa shape index (κ2) is 3.45. The van der Waals surface area contributed by atoms with Crippen LogP contribution in [0.25, 0.3) is 11.0 Å². The molecule has 0 bridgehead atoms. The highest BCUT2D eigenvalue weighted by molar-refractivity contribution is 7.80. The molecule has 0 fully saturated rings. The number of aryl methyl sites for hydroxylation is 1. The number of ether oxygens (including phenoxy) is 1. The lowest BCUT2D eigenvalue weighted by molar-refractivity contribution is 0.417. The van der Waals surface area contributed by atoms with E-state index in [-0.39, 0.29) is 0 Å². The summed E-state index contributed by atoms with van der Waals surface area (Å²) in [5.74, 6) is 0. The van der Waals surface area contributed by atoms with Crippen molar-refractivity contribution in [3.63, 3.8) is 0 Å². The van der Waals surface area contributed by atoms with Gasteiger partial charge in [0.2, 0.25) is 5.05 Å². The summed E-state index contributed by atoms with van der Waals surface area (Å²) in [6.45, 7) is 2.02. The van der Waals surface area contributed by atoms with E-state index in [1.807, 2.05) is 6.92 Å². The van der Waals surface area contributed by atoms with E-state index in [1.165, 1.54) is 0 Å². The number of thiophene rings is 1. The molecule has 6 heteroatoms. The maximum atomic E-state index is 5.09. The second-order valence-corrected chi connectivity index (χ2v) is 4.81. The van der Waals surface area contributed by atoms with Gasteiger partial charge in [-0.1, -0.05) is 0 Å². The van der Waals surface area contributed by atoms with Crippen LogP contribution in [0, 0.1) is 11.7 Å². The third-order valence-corrected chi connectivity index (χ3v) is 3.74. The molecular formula is C8H8N2OS3. The fourth-order valence-corrected chi connectivity index (χ4v) is 2.72. The zero-order chi connectivity index (χ0) is 10.3. The Bertz CT molecular complexity index is 548. The molecule has 0 spiro atoms. The number of rotatable bonds is 1. The van der Waals surface area contributed by atoms with Gasteiger partial charge in [0.15, 0.2) is 4.77 Å². The van der Waals surface area contributed by atoms with Gasteiger partial charge in [0.1, 0.15) is 4.88 Å². The number of nitrogens with one attached hydrogen (secondary N) is 2. The van der Waals surface area contributed by atoms with Gasteiger partial charge in [-0.3, -0.25) is 0 Å². The average molecular weight is 244 g/mol. The predicted molar refractivity (Wildman–Crippen MR) is 64.8 cm³/mol. The number of fused-ring (bicyclic) bond motifs is 1. The highest BCUT2D eigenvalue weighted by Crippen LogP contribution is 2.29. The fraction of sp³-hybridized carbons (Fsp3) is 0.250. The topological polar surface area (TPSA) is 40.8 Å². The summed E-state index contributed by atoms with van der Waals surface area (Å²) >= 11 is 11.7. The molecule has 2 heterocycles. The summed E-state index contributed by atoms with van der Waals surface area (Å²) in [6, 6.07) is 0. The van der Waals surface area contributed by atoms with Crippen LogP contribution in [0.1, 0.15) is 9.75 Å². The standard InChI is InChI=1S/C8H8N2OS3/c1-3-4-5(10-8(13)9-4)6(14-3)7(12)11-2/h1-2H3,(H2,9,10,13). The largest absolute Gasteiger partial charge is 0.486 e. The summed E-state index contributed by atoms with van der Waals surface area (Å²) < 4.78 is 5.66. The van der Waals surface area contributed by atoms with E-state index in [0.717, 1.165) is 20.8 Å². The van der Waals surface area contributed by atoms with Crippen LogP contribution < -0.4 is 0 Å². The Balaban J connectivity index is 2.77. The van der Waals surface area contributed by atoms with Crippen LogP contribution in [0.2, 0.25) is 0 Å². The third kappa shape index (κ3) is 1.39. The molecule has 14 heavy (non-hydrogen) atoms. The molecule has 0 unspecified atom stereocenters. The van der Waals surface area contributed by atoms with Gasteiger partial charge in [0.25, 0.3) is 0 Å². The Morgan fingerprint density at radius 3 is 2.64 bits per heavy atom. The zero-order valence-corrected chi connectivity index (χ0v) is 10.1. The maximum Gasteiger partial charge on any atom is 0.203 e. The van der Waals surface area contributed by atoms with Crippen molar-refractivity contribution in [3.05, 3.63) is 14.5 Å². The van der Waals surface area contributed by atoms with Crippen molar-refractivity contribution in [1.82, 2.24) is 9.97 Å². The van der Waals surface area contributed by atoms with Gasteiger partial charge in [-0.05, 0) is 31.4 Å². The minimum atomic E-state index is 0.498. The highest BCUT2D eigenvalue weighted by Gasteiger charge is 2.14. The normalized spacial score (nSPS) is 10.7. The maximum absolute atomic E-state index is 5.09. The number of hydrogen-bond acceptors (Lipinski definition) is 4. The van der Waals surface area contributed by atoms with Crippen LogP contribution in [0.5, 0.6) is 0 Å². The molecule has 2 rings (SSSR count). The van der Waals surface area contributed by atoms with Crippen molar-refractivity contribution in [2.24, 2.45) is 0 Å². The van der Waals surface area contributed by atoms with Crippen LogP contribution in [-0.2, 0) is 4.74 Å². The van der Waals surface area contributed by atoms with Crippen molar-refractivity contribution >= 4 is 51.9 Å². The van der Waals surface area contributed by atoms with Crippen LogP contribution in [-0.4, -0.2) is 22.1 Å². The SMILES string of the molecule is COC(=S)c1sc(C)c2[nH]c(=S)[nH]c12. The van der Waals surface area contributed by atoms with Gasteiger partial charge in [-0.15, -0.1) is 11.3 Å². The van der Waals surface area contributed by atoms with E-state index in [0.29, 0.717) is 9.82 Å². The summed E-state index contributed by atoms with van der Waals surface area (Å²) in [4.78, 5) is 8.23. The van der Waals surface area contributed by atoms with E-state index in [9.17, 15) is 0 Å². The predicted octanol–water partition coefficient (Wildman–Crippen LogP) is 2.92. The number of imidazole rings is 1. The van der Waals surface area contributed by atoms with Gasteiger partial charge in [0.05, 0.1) is 18.1 Å². The van der Waals surface area contributed by atoms with Gasteiger partial charge in [-0.2, -0.15) is 0 Å². The number of H-pyrrole nitrogens is 2. The van der Waals surface area contributed by atoms with E-state index < -0.39 is 0 Å². The van der Waals surface area contributed by atoms with Gasteiger partial charge >= 0.3 is 0 Å². The molecule has 0 aromatic carbocycles. The third-order valence-electron chi connectivity index (χ3n) is 1.93. The molecule has 0 radical (unpaired) electrons. The molecule has 0 atom stereocenters. The average Bonchev–Trinajstić information content (AvgIpc) is 2.65. The zero-order valence-electron chi connectivity index (χ0n) is 7.63. The van der Waals surface area contributed by atoms with Crippen LogP contribution in [0.4, 0.5) is 0 Å². The minimum Gasteiger partial charge on any atom is -0.486 e. The molecule has 0 aliphatic carbocycles. The van der Waals surface area contributed by atoms with E-state index in [4.69, 9.17) is 29.2 Å². The molecule has 0 amide bonds. The van der Waals surface area contributed by atoms with Crippen molar-refractivity contribution in [3.8, 4) is 0 Å². The van der Waals surface area contributed by atoms with Crippen molar-refractivity contribution in [1.29, 1.82) is 0 Å². The van der Waals surface area contributed by atoms with Gasteiger partial charge in [0, 0.05) is 4.88 Å². The summed E-state index contributed by atoms with van der Waals surface area (Å²) in [5, 5.41) is 0.498. The van der Waals surface area contributed by atoms with Crippen molar-refractivity contribution in [2.45, 2.75) is 6.92 Å². The lowest BCUT2D eigenvalue weighted by Crippen LogP contribution is -1.96. The molecule has 3 nitrogen and oxygen atoms in total. The Hall–Kier alpha value is -0.720. The smallest absolute Gasteiger partial charge is 0.203 e. The van der Waals surface area contributed by atoms with Gasteiger partial charge in [-0.25, -0.2) is 0 Å². The highest BCUT2D eigenvalue weighted by atomic mass is 32.1. The fourth-order valence-electron chi connectivity index (χ4n) is 1.31. The first kappa shape index (κ1) is 9.82. The molecule has 74 valence electrons. The number of aromatic amines is 2. The quantitative estimate of drug-likeness (QED) is 0.758. The lowest BCUT2D eigenvalue weighted by Gasteiger charge is -1.96. The van der Waals surface area contributed by atoms with Crippen molar-refractivity contribution < 1.29 is 4.74 Å². The van der Waals surface area contributed by atoms with Crippen LogP contribution in [0.15, 0.2) is 0 Å². The number of aromatic nitrogens is 2. The summed E-state index contributed by atoms with van der Waals surface area (Å²) in [6.07, 6.45) is 0. The molecule has 0 aliphatic rings. The summed E-state index contributed by atoms with van der Waals surface area (Å²) in [5.41, 5.74) is 1.97. The first-order valence-corrected chi connectivity index (χ1v) is 5.56. The van der Waals surface area contributed by atoms with Crippen molar-refractivity contribution in [2.75, 3.05) is 7.11 Å². The van der Waals surface area contributed by atoms with Crippen LogP contribution in [0.3, 0.4) is 0 Å². The lowest BCUT2D eigenvalue weighted by atomic mass is 10.4. The molecular weight excluding hydrogens is 236 g/mol. The Labute approximate surface area is 95.1 Å². The first-order chi connectivity index (χ1) is 6.63. The minimum absolute atomic E-state index is 0.498. The number of hydrogen-bond donors (Lipinski definition) is 2.